The lowest BCUT2D eigenvalue weighted by molar-refractivity contribution is 0.177. The SMILES string of the molecule is COCc1nc(Cl)cc(Sc2cccc(C)c2)n1. The first-order valence-corrected chi connectivity index (χ1v) is 6.64. The summed E-state index contributed by atoms with van der Waals surface area (Å²) in [6, 6.07) is 10.00. The molecule has 1 heterocycles. The predicted molar refractivity (Wildman–Crippen MR) is 73.1 cm³/mol. The number of halogens is 1. The van der Waals surface area contributed by atoms with Crippen molar-refractivity contribution in [1.82, 2.24) is 9.97 Å². The molecule has 1 aromatic heterocycles. The third-order valence-corrected chi connectivity index (χ3v) is 3.30. The first-order valence-electron chi connectivity index (χ1n) is 5.44. The molecule has 0 aliphatic rings. The Morgan fingerprint density at radius 2 is 2.11 bits per heavy atom. The molecule has 0 bridgehead atoms. The topological polar surface area (TPSA) is 35.0 Å². The van der Waals surface area contributed by atoms with E-state index in [4.69, 9.17) is 16.3 Å². The van der Waals surface area contributed by atoms with Crippen LogP contribution in [-0.4, -0.2) is 17.1 Å². The molecule has 0 saturated heterocycles. The van der Waals surface area contributed by atoms with Crippen molar-refractivity contribution in [2.24, 2.45) is 0 Å². The second-order valence-corrected chi connectivity index (χ2v) is 5.28. The Morgan fingerprint density at radius 3 is 2.83 bits per heavy atom. The predicted octanol–water partition coefficient (Wildman–Crippen LogP) is 3.74. The van der Waals surface area contributed by atoms with E-state index in [1.165, 1.54) is 5.56 Å². The van der Waals surface area contributed by atoms with Crippen LogP contribution >= 0.6 is 23.4 Å². The lowest BCUT2D eigenvalue weighted by atomic mass is 10.2. The van der Waals surface area contributed by atoms with Crippen molar-refractivity contribution in [3.8, 4) is 0 Å². The highest BCUT2D eigenvalue weighted by Crippen LogP contribution is 2.27. The first kappa shape index (κ1) is 13.3. The quantitative estimate of drug-likeness (QED) is 0.799. The molecular formula is C13H13ClN2OS. The van der Waals surface area contributed by atoms with Gasteiger partial charge in [0.15, 0.2) is 5.82 Å². The largest absolute Gasteiger partial charge is 0.377 e. The van der Waals surface area contributed by atoms with E-state index in [0.29, 0.717) is 17.6 Å². The molecular weight excluding hydrogens is 268 g/mol. The van der Waals surface area contributed by atoms with Gasteiger partial charge in [-0.05, 0) is 19.1 Å². The van der Waals surface area contributed by atoms with Crippen molar-refractivity contribution < 1.29 is 4.74 Å². The summed E-state index contributed by atoms with van der Waals surface area (Å²) < 4.78 is 5.01. The minimum absolute atomic E-state index is 0.363. The van der Waals surface area contributed by atoms with E-state index >= 15 is 0 Å². The Kier molecular flexibility index (Phi) is 4.58. The number of aromatic nitrogens is 2. The summed E-state index contributed by atoms with van der Waals surface area (Å²) in [6.07, 6.45) is 0. The Hall–Kier alpha value is -1.10. The summed E-state index contributed by atoms with van der Waals surface area (Å²) in [6.45, 7) is 2.43. The number of hydrogen-bond donors (Lipinski definition) is 0. The molecule has 0 aliphatic heterocycles. The zero-order chi connectivity index (χ0) is 13.0. The average molecular weight is 281 g/mol. The van der Waals surface area contributed by atoms with Crippen LogP contribution in [0.4, 0.5) is 0 Å². The summed E-state index contributed by atoms with van der Waals surface area (Å²) in [4.78, 5) is 9.62. The lowest BCUT2D eigenvalue weighted by Crippen LogP contribution is -1.98. The zero-order valence-electron chi connectivity index (χ0n) is 10.2. The van der Waals surface area contributed by atoms with Gasteiger partial charge in [-0.3, -0.25) is 0 Å². The normalized spacial score (nSPS) is 10.6. The monoisotopic (exact) mass is 280 g/mol. The van der Waals surface area contributed by atoms with Gasteiger partial charge < -0.3 is 4.74 Å². The Balaban J connectivity index is 2.23. The van der Waals surface area contributed by atoms with E-state index in [9.17, 15) is 0 Å². The summed E-state index contributed by atoms with van der Waals surface area (Å²) in [5, 5.41) is 1.26. The molecule has 0 radical (unpaired) electrons. The van der Waals surface area contributed by atoms with Crippen LogP contribution in [0.1, 0.15) is 11.4 Å². The van der Waals surface area contributed by atoms with Gasteiger partial charge in [-0.2, -0.15) is 0 Å². The van der Waals surface area contributed by atoms with Crippen molar-refractivity contribution in [3.05, 3.63) is 46.9 Å². The van der Waals surface area contributed by atoms with Crippen molar-refractivity contribution in [2.45, 2.75) is 23.5 Å². The molecule has 94 valence electrons. The van der Waals surface area contributed by atoms with Gasteiger partial charge in [-0.15, -0.1) is 0 Å². The molecule has 18 heavy (non-hydrogen) atoms. The number of rotatable bonds is 4. The van der Waals surface area contributed by atoms with Crippen molar-refractivity contribution in [1.29, 1.82) is 0 Å². The van der Waals surface area contributed by atoms with Gasteiger partial charge in [0, 0.05) is 18.1 Å². The van der Waals surface area contributed by atoms with Crippen LogP contribution < -0.4 is 0 Å². The molecule has 0 fully saturated rings. The molecule has 0 amide bonds. The van der Waals surface area contributed by atoms with Crippen LogP contribution in [0.15, 0.2) is 40.3 Å². The summed E-state index contributed by atoms with van der Waals surface area (Å²) in [7, 11) is 1.61. The first-order chi connectivity index (χ1) is 8.67. The second kappa shape index (κ2) is 6.18. The molecule has 2 rings (SSSR count). The molecule has 0 unspecified atom stereocenters. The highest BCUT2D eigenvalue weighted by atomic mass is 35.5. The van der Waals surface area contributed by atoms with Crippen LogP contribution in [0.25, 0.3) is 0 Å². The van der Waals surface area contributed by atoms with Crippen molar-refractivity contribution in [2.75, 3.05) is 7.11 Å². The van der Waals surface area contributed by atoms with E-state index in [0.717, 1.165) is 9.92 Å². The van der Waals surface area contributed by atoms with Gasteiger partial charge in [0.2, 0.25) is 0 Å². The average Bonchev–Trinajstić information content (AvgIpc) is 2.28. The summed E-state index contributed by atoms with van der Waals surface area (Å²) in [5.41, 5.74) is 1.22. The number of benzene rings is 1. The highest BCUT2D eigenvalue weighted by molar-refractivity contribution is 7.99. The Morgan fingerprint density at radius 1 is 1.28 bits per heavy atom. The van der Waals surface area contributed by atoms with Crippen LogP contribution in [0, 0.1) is 6.92 Å². The zero-order valence-corrected chi connectivity index (χ0v) is 11.8. The minimum Gasteiger partial charge on any atom is -0.377 e. The van der Waals surface area contributed by atoms with Crippen LogP contribution in [0.3, 0.4) is 0 Å². The fraction of sp³-hybridized carbons (Fsp3) is 0.231. The third-order valence-electron chi connectivity index (χ3n) is 2.20. The van der Waals surface area contributed by atoms with Crippen molar-refractivity contribution in [3.63, 3.8) is 0 Å². The maximum absolute atomic E-state index is 5.96. The van der Waals surface area contributed by atoms with Gasteiger partial charge in [-0.1, -0.05) is 41.1 Å². The molecule has 5 heteroatoms. The molecule has 3 nitrogen and oxygen atoms in total. The maximum atomic E-state index is 5.96. The van der Waals surface area contributed by atoms with Gasteiger partial charge in [0.05, 0.1) is 0 Å². The smallest absolute Gasteiger partial charge is 0.156 e. The van der Waals surface area contributed by atoms with Crippen LogP contribution in [0.5, 0.6) is 0 Å². The number of ether oxygens (including phenoxy) is 1. The third kappa shape index (κ3) is 3.70. The second-order valence-electron chi connectivity index (χ2n) is 3.80. The number of methoxy groups -OCH3 is 1. The van der Waals surface area contributed by atoms with Gasteiger partial charge in [0.1, 0.15) is 16.8 Å². The number of hydrogen-bond acceptors (Lipinski definition) is 4. The van der Waals surface area contributed by atoms with E-state index in [2.05, 4.69) is 29.0 Å². The Bertz CT molecular complexity index is 548. The fourth-order valence-corrected chi connectivity index (χ4v) is 2.71. The molecule has 2 aromatic rings. The van der Waals surface area contributed by atoms with Gasteiger partial charge in [-0.25, -0.2) is 9.97 Å². The minimum atomic E-state index is 0.363. The van der Waals surface area contributed by atoms with E-state index in [1.54, 1.807) is 24.9 Å². The summed E-state index contributed by atoms with van der Waals surface area (Å²) in [5.74, 6) is 0.597. The summed E-state index contributed by atoms with van der Waals surface area (Å²) >= 11 is 7.53. The molecule has 0 spiro atoms. The van der Waals surface area contributed by atoms with Crippen LogP contribution in [0.2, 0.25) is 5.15 Å². The Labute approximate surface area is 116 Å². The molecule has 0 saturated carbocycles. The lowest BCUT2D eigenvalue weighted by Gasteiger charge is -2.05. The van der Waals surface area contributed by atoms with Gasteiger partial charge >= 0.3 is 0 Å². The molecule has 0 atom stereocenters. The maximum Gasteiger partial charge on any atom is 0.156 e. The van der Waals surface area contributed by atoms with Crippen molar-refractivity contribution >= 4 is 23.4 Å². The standard InChI is InChI=1S/C13H13ClN2OS/c1-9-4-3-5-10(6-9)18-13-7-11(14)15-12(16-13)8-17-2/h3-7H,8H2,1-2H3. The van der Waals surface area contributed by atoms with E-state index in [1.807, 2.05) is 12.1 Å². The molecule has 0 aliphatic carbocycles. The molecule has 1 aromatic carbocycles. The fourth-order valence-electron chi connectivity index (χ4n) is 1.49. The number of nitrogens with zero attached hydrogens (tertiary/aromatic N) is 2. The molecule has 0 N–H and O–H groups in total. The van der Waals surface area contributed by atoms with E-state index < -0.39 is 0 Å². The van der Waals surface area contributed by atoms with Crippen LogP contribution in [-0.2, 0) is 11.3 Å². The number of aryl methyl sites for hydroxylation is 1. The van der Waals surface area contributed by atoms with Gasteiger partial charge in [0.25, 0.3) is 0 Å². The highest BCUT2D eigenvalue weighted by Gasteiger charge is 2.05. The van der Waals surface area contributed by atoms with E-state index in [-0.39, 0.29) is 0 Å².